The van der Waals surface area contributed by atoms with Gasteiger partial charge < -0.3 is 20.7 Å². The SMILES string of the molecule is COC(=O)C[C@H](N)c1cc(C(=O)O)cc(F)c1O.Cl. The Bertz CT molecular complexity index is 494. The standard InChI is InChI=1S/C11H12FNO5.ClH/c1-18-9(14)4-8(13)6-2-5(11(16)17)3-7(12)10(6)15;/h2-3,8,15H,4,13H2,1H3,(H,16,17);1H/t8-;/m0./s1. The average molecular weight is 294 g/mol. The Balaban J connectivity index is 0.00000324. The number of carbonyl (C=O) groups is 2. The number of aromatic carboxylic acids is 1. The van der Waals surface area contributed by atoms with Crippen LogP contribution in [0.2, 0.25) is 0 Å². The van der Waals surface area contributed by atoms with Crippen molar-refractivity contribution in [3.05, 3.63) is 29.1 Å². The first kappa shape index (κ1) is 17.1. The maximum absolute atomic E-state index is 13.3. The number of methoxy groups -OCH3 is 1. The van der Waals surface area contributed by atoms with Gasteiger partial charge in [0.2, 0.25) is 0 Å². The lowest BCUT2D eigenvalue weighted by atomic mass is 10.0. The van der Waals surface area contributed by atoms with Crippen molar-refractivity contribution in [2.24, 2.45) is 5.73 Å². The molecule has 6 nitrogen and oxygen atoms in total. The third-order valence-corrected chi connectivity index (χ3v) is 2.35. The number of rotatable bonds is 4. The summed E-state index contributed by atoms with van der Waals surface area (Å²) in [6, 6.07) is 0.645. The zero-order chi connectivity index (χ0) is 13.9. The summed E-state index contributed by atoms with van der Waals surface area (Å²) in [5.41, 5.74) is 5.07. The highest BCUT2D eigenvalue weighted by molar-refractivity contribution is 5.88. The summed E-state index contributed by atoms with van der Waals surface area (Å²) in [6.07, 6.45) is -0.299. The molecule has 0 aliphatic rings. The second kappa shape index (κ2) is 6.91. The molecule has 0 saturated carbocycles. The second-order valence-electron chi connectivity index (χ2n) is 3.59. The van der Waals surface area contributed by atoms with Crippen LogP contribution in [0.5, 0.6) is 5.75 Å². The van der Waals surface area contributed by atoms with Crippen molar-refractivity contribution in [2.45, 2.75) is 12.5 Å². The molecule has 0 heterocycles. The van der Waals surface area contributed by atoms with E-state index in [-0.39, 0.29) is 30.0 Å². The van der Waals surface area contributed by atoms with Crippen LogP contribution in [0.25, 0.3) is 0 Å². The molecule has 0 unspecified atom stereocenters. The molecule has 0 aliphatic carbocycles. The summed E-state index contributed by atoms with van der Waals surface area (Å²) >= 11 is 0. The predicted molar refractivity (Wildman–Crippen MR) is 65.8 cm³/mol. The van der Waals surface area contributed by atoms with E-state index in [1.807, 2.05) is 0 Å². The fraction of sp³-hybridized carbons (Fsp3) is 0.273. The summed E-state index contributed by atoms with van der Waals surface area (Å²) in [7, 11) is 1.16. The van der Waals surface area contributed by atoms with E-state index < -0.39 is 29.5 Å². The fourth-order valence-electron chi connectivity index (χ4n) is 1.40. The number of benzene rings is 1. The van der Waals surface area contributed by atoms with Crippen LogP contribution in [0.4, 0.5) is 4.39 Å². The first-order valence-corrected chi connectivity index (χ1v) is 4.95. The van der Waals surface area contributed by atoms with E-state index in [4.69, 9.17) is 10.8 Å². The smallest absolute Gasteiger partial charge is 0.335 e. The van der Waals surface area contributed by atoms with Gasteiger partial charge in [-0.2, -0.15) is 0 Å². The largest absolute Gasteiger partial charge is 0.505 e. The summed E-state index contributed by atoms with van der Waals surface area (Å²) in [5, 5.41) is 18.2. The number of esters is 1. The Morgan fingerprint density at radius 1 is 1.47 bits per heavy atom. The molecule has 106 valence electrons. The van der Waals surface area contributed by atoms with E-state index in [2.05, 4.69) is 4.74 Å². The van der Waals surface area contributed by atoms with Crippen LogP contribution in [0.1, 0.15) is 28.4 Å². The molecule has 4 N–H and O–H groups in total. The van der Waals surface area contributed by atoms with Gasteiger partial charge in [-0.3, -0.25) is 4.79 Å². The Morgan fingerprint density at radius 2 is 2.05 bits per heavy atom. The minimum atomic E-state index is -1.36. The number of aromatic hydroxyl groups is 1. The first-order valence-electron chi connectivity index (χ1n) is 4.95. The van der Waals surface area contributed by atoms with Gasteiger partial charge in [0.25, 0.3) is 0 Å². The normalized spacial score (nSPS) is 11.3. The molecule has 0 radical (unpaired) electrons. The monoisotopic (exact) mass is 293 g/mol. The number of halogens is 2. The Kier molecular flexibility index (Phi) is 6.23. The topological polar surface area (TPSA) is 110 Å². The molecule has 0 spiro atoms. The Hall–Kier alpha value is -1.86. The number of carbonyl (C=O) groups excluding carboxylic acids is 1. The highest BCUT2D eigenvalue weighted by Crippen LogP contribution is 2.29. The van der Waals surface area contributed by atoms with E-state index in [9.17, 15) is 19.1 Å². The molecule has 8 heteroatoms. The zero-order valence-corrected chi connectivity index (χ0v) is 10.7. The maximum atomic E-state index is 13.3. The molecule has 0 saturated heterocycles. The number of hydrogen-bond acceptors (Lipinski definition) is 5. The van der Waals surface area contributed by atoms with E-state index in [1.54, 1.807) is 0 Å². The molecule has 19 heavy (non-hydrogen) atoms. The van der Waals surface area contributed by atoms with Crippen LogP contribution >= 0.6 is 12.4 Å². The predicted octanol–water partition coefficient (Wildman–Crippen LogP) is 1.21. The number of carboxylic acid groups (broad SMARTS) is 1. The average Bonchev–Trinajstić information content (AvgIpc) is 2.31. The first-order chi connectivity index (χ1) is 8.36. The Labute approximate surface area is 114 Å². The molecule has 0 fully saturated rings. The summed E-state index contributed by atoms with van der Waals surface area (Å²) in [5.74, 6) is -3.88. The van der Waals surface area contributed by atoms with Crippen LogP contribution in [0.3, 0.4) is 0 Å². The zero-order valence-electron chi connectivity index (χ0n) is 9.92. The van der Waals surface area contributed by atoms with Gasteiger partial charge in [-0.15, -0.1) is 12.4 Å². The van der Waals surface area contributed by atoms with Crippen molar-refractivity contribution in [1.29, 1.82) is 0 Å². The number of carboxylic acids is 1. The lowest BCUT2D eigenvalue weighted by Gasteiger charge is -2.13. The highest BCUT2D eigenvalue weighted by Gasteiger charge is 2.20. The van der Waals surface area contributed by atoms with Gasteiger partial charge in [0.05, 0.1) is 19.1 Å². The molecule has 0 aliphatic heterocycles. The van der Waals surface area contributed by atoms with E-state index in [1.165, 1.54) is 0 Å². The van der Waals surface area contributed by atoms with Gasteiger partial charge in [0, 0.05) is 11.6 Å². The van der Waals surface area contributed by atoms with Crippen LogP contribution in [-0.2, 0) is 9.53 Å². The third-order valence-electron chi connectivity index (χ3n) is 2.35. The molecule has 0 aromatic heterocycles. The van der Waals surface area contributed by atoms with Gasteiger partial charge in [-0.1, -0.05) is 0 Å². The summed E-state index contributed by atoms with van der Waals surface area (Å²) in [6.45, 7) is 0. The van der Waals surface area contributed by atoms with Crippen molar-refractivity contribution < 1.29 is 28.9 Å². The van der Waals surface area contributed by atoms with E-state index in [0.717, 1.165) is 13.2 Å². The van der Waals surface area contributed by atoms with Crippen LogP contribution < -0.4 is 5.73 Å². The second-order valence-corrected chi connectivity index (χ2v) is 3.59. The van der Waals surface area contributed by atoms with Crippen molar-refractivity contribution in [1.82, 2.24) is 0 Å². The van der Waals surface area contributed by atoms with Crippen LogP contribution in [0.15, 0.2) is 12.1 Å². The molecule has 0 amide bonds. The van der Waals surface area contributed by atoms with Crippen molar-refractivity contribution in [2.75, 3.05) is 7.11 Å². The van der Waals surface area contributed by atoms with Crippen LogP contribution in [0, 0.1) is 5.82 Å². The summed E-state index contributed by atoms with van der Waals surface area (Å²) < 4.78 is 17.7. The van der Waals surface area contributed by atoms with E-state index in [0.29, 0.717) is 6.07 Å². The number of hydrogen-bond donors (Lipinski definition) is 3. The molecule has 1 rings (SSSR count). The van der Waals surface area contributed by atoms with Gasteiger partial charge in [0.15, 0.2) is 11.6 Å². The van der Waals surface area contributed by atoms with Gasteiger partial charge in [-0.05, 0) is 12.1 Å². The lowest BCUT2D eigenvalue weighted by molar-refractivity contribution is -0.141. The van der Waals surface area contributed by atoms with Crippen molar-refractivity contribution in [3.63, 3.8) is 0 Å². The summed E-state index contributed by atoms with van der Waals surface area (Å²) in [4.78, 5) is 21.8. The quantitative estimate of drug-likeness (QED) is 0.720. The molecular formula is C11H13ClFNO5. The molecule has 0 bridgehead atoms. The van der Waals surface area contributed by atoms with E-state index >= 15 is 0 Å². The van der Waals surface area contributed by atoms with Crippen molar-refractivity contribution >= 4 is 24.3 Å². The fourth-order valence-corrected chi connectivity index (χ4v) is 1.40. The highest BCUT2D eigenvalue weighted by atomic mass is 35.5. The maximum Gasteiger partial charge on any atom is 0.335 e. The molecule has 1 aromatic carbocycles. The number of nitrogens with two attached hydrogens (primary N) is 1. The minimum Gasteiger partial charge on any atom is -0.505 e. The third kappa shape index (κ3) is 4.08. The number of phenolic OH excluding ortho intramolecular Hbond substituents is 1. The van der Waals surface area contributed by atoms with Crippen molar-refractivity contribution in [3.8, 4) is 5.75 Å². The molecule has 1 atom stereocenters. The van der Waals surface area contributed by atoms with Gasteiger partial charge in [-0.25, -0.2) is 9.18 Å². The number of ether oxygens (including phenoxy) is 1. The molecule has 1 aromatic rings. The van der Waals surface area contributed by atoms with Gasteiger partial charge >= 0.3 is 11.9 Å². The Morgan fingerprint density at radius 3 is 2.53 bits per heavy atom. The molecular weight excluding hydrogens is 281 g/mol. The van der Waals surface area contributed by atoms with Gasteiger partial charge in [0.1, 0.15) is 0 Å². The van der Waals surface area contributed by atoms with Crippen LogP contribution in [-0.4, -0.2) is 29.3 Å². The number of phenols is 1. The lowest BCUT2D eigenvalue weighted by Crippen LogP contribution is -2.17. The minimum absolute atomic E-state index is 0.